The maximum atomic E-state index is 15.7. The van der Waals surface area contributed by atoms with Gasteiger partial charge in [0.1, 0.15) is 34.4 Å². The van der Waals surface area contributed by atoms with Gasteiger partial charge in [-0.25, -0.2) is 26.4 Å². The number of sulfonamides is 1. The van der Waals surface area contributed by atoms with E-state index in [-0.39, 0.29) is 37.6 Å². The fraction of sp³-hybridized carbons (Fsp3) is 0.298. The van der Waals surface area contributed by atoms with E-state index in [1.54, 1.807) is 113 Å². The second-order valence-electron chi connectivity index (χ2n) is 16.3. The number of amides is 2. The molecule has 0 aliphatic heterocycles. The molecule has 2 N–H and O–H groups in total. The van der Waals surface area contributed by atoms with E-state index in [9.17, 15) is 9.59 Å². The van der Waals surface area contributed by atoms with Crippen molar-refractivity contribution in [3.63, 3.8) is 0 Å². The van der Waals surface area contributed by atoms with Gasteiger partial charge >= 0.3 is 12.2 Å². The van der Waals surface area contributed by atoms with E-state index in [4.69, 9.17) is 23.7 Å². The third-order valence-corrected chi connectivity index (χ3v) is 14.8. The summed E-state index contributed by atoms with van der Waals surface area (Å²) in [6.45, 7) is 4.08. The lowest BCUT2D eigenvalue weighted by molar-refractivity contribution is 0.0507. The number of nitrogens with zero attached hydrogens (tertiary/aromatic N) is 5. The first-order valence-electron chi connectivity index (χ1n) is 21.0. The number of nitrogens with one attached hydrogen (secondary N) is 2. The zero-order valence-electron chi connectivity index (χ0n) is 38.2. The lowest BCUT2D eigenvalue weighted by Gasteiger charge is -2.27. The van der Waals surface area contributed by atoms with Gasteiger partial charge in [0.2, 0.25) is 15.8 Å². The Hall–Kier alpha value is -6.30. The summed E-state index contributed by atoms with van der Waals surface area (Å²) in [6.07, 6.45) is -1.87. The molecule has 5 aromatic carbocycles. The van der Waals surface area contributed by atoms with Crippen LogP contribution in [0.5, 0.6) is 17.2 Å². The molecule has 68 heavy (non-hydrogen) atoms. The van der Waals surface area contributed by atoms with Crippen LogP contribution in [0, 0.1) is 3.57 Å². The highest BCUT2D eigenvalue weighted by atomic mass is 127. The number of aromatic nitrogens is 4. The molecule has 2 amide bonds. The smallest absolute Gasteiger partial charge is 0.407 e. The zero-order valence-corrected chi connectivity index (χ0v) is 42.0. The maximum Gasteiger partial charge on any atom is 0.407 e. The van der Waals surface area contributed by atoms with Gasteiger partial charge in [-0.1, -0.05) is 66.7 Å². The molecule has 6 aromatic rings. The van der Waals surface area contributed by atoms with Crippen molar-refractivity contribution in [2.24, 2.45) is 0 Å². The maximum absolute atomic E-state index is 15.7. The number of hydrogen-bond donors (Lipinski definition) is 2. The number of hydrogen-bond acceptors (Lipinski definition) is 14. The van der Waals surface area contributed by atoms with E-state index in [1.165, 1.54) is 31.1 Å². The van der Waals surface area contributed by atoms with E-state index in [0.717, 1.165) is 9.87 Å². The van der Waals surface area contributed by atoms with E-state index >= 15 is 16.8 Å². The molecule has 0 aliphatic rings. The molecule has 1 atom stereocenters. The van der Waals surface area contributed by atoms with Crippen molar-refractivity contribution in [3.05, 3.63) is 141 Å². The Balaban J connectivity index is 1.46. The van der Waals surface area contributed by atoms with E-state index < -0.39 is 65.8 Å². The summed E-state index contributed by atoms with van der Waals surface area (Å²) in [4.78, 5) is 26.2. The van der Waals surface area contributed by atoms with Crippen LogP contribution < -0.4 is 24.8 Å². The second kappa shape index (κ2) is 22.7. The topological polar surface area (TPSA) is 219 Å². The first-order valence-corrected chi connectivity index (χ1v) is 25.2. The van der Waals surface area contributed by atoms with Crippen LogP contribution in [-0.2, 0) is 55.6 Å². The van der Waals surface area contributed by atoms with E-state index in [1.807, 2.05) is 40.8 Å². The van der Waals surface area contributed by atoms with Crippen LogP contribution in [0.2, 0.25) is 0 Å². The quantitative estimate of drug-likeness (QED) is 0.0736. The van der Waals surface area contributed by atoms with Crippen molar-refractivity contribution < 1.29 is 50.1 Å². The Morgan fingerprint density at radius 1 is 0.721 bits per heavy atom. The minimum Gasteiger partial charge on any atom is -0.497 e. The van der Waals surface area contributed by atoms with Gasteiger partial charge in [-0.2, -0.15) is 9.10 Å². The number of alkyl carbamates (subject to hydrolysis) is 2. The van der Waals surface area contributed by atoms with Gasteiger partial charge in [0.05, 0.1) is 50.1 Å². The first-order chi connectivity index (χ1) is 32.4. The molecular formula is C47H52IN7O11S2. The number of carbonyl (C=O) groups is 2. The molecule has 360 valence electrons. The number of carbonyl (C=O) groups excluding carboxylic acids is 2. The second-order valence-corrected chi connectivity index (χ2v) is 21.3. The highest BCUT2D eigenvalue weighted by Gasteiger charge is 2.38. The van der Waals surface area contributed by atoms with Crippen LogP contribution in [-0.4, -0.2) is 98.8 Å². The molecular weight excluding hydrogens is 1030 g/mol. The molecule has 1 aromatic heterocycles. The van der Waals surface area contributed by atoms with Gasteiger partial charge in [-0.15, -0.1) is 10.2 Å². The highest BCUT2D eigenvalue weighted by molar-refractivity contribution is 14.1. The Morgan fingerprint density at radius 3 is 1.79 bits per heavy atom. The third kappa shape index (κ3) is 13.9. The Labute approximate surface area is 409 Å². The van der Waals surface area contributed by atoms with Crippen LogP contribution >= 0.6 is 22.6 Å². The van der Waals surface area contributed by atoms with Gasteiger partial charge in [0, 0.05) is 23.2 Å². The van der Waals surface area contributed by atoms with Crippen molar-refractivity contribution in [1.82, 2.24) is 35.1 Å². The molecule has 6 rings (SSSR count). The minimum absolute atomic E-state index is 0.0793. The number of benzene rings is 5. The average Bonchev–Trinajstić information content (AvgIpc) is 3.77. The number of sulfone groups is 1. The normalized spacial score (nSPS) is 12.2. The number of halogens is 1. The van der Waals surface area contributed by atoms with Crippen molar-refractivity contribution in [1.29, 1.82) is 0 Å². The third-order valence-electron chi connectivity index (χ3n) is 10.0. The Kier molecular flexibility index (Phi) is 17.0. The van der Waals surface area contributed by atoms with Gasteiger partial charge < -0.3 is 34.3 Å². The number of tetrazole rings is 1. The Morgan fingerprint density at radius 2 is 1.26 bits per heavy atom. The van der Waals surface area contributed by atoms with E-state index in [2.05, 4.69) is 26.0 Å². The molecule has 0 radical (unpaired) electrons. The first kappa shape index (κ1) is 51.1. The molecule has 0 saturated carbocycles. The summed E-state index contributed by atoms with van der Waals surface area (Å²) >= 11 is 1.92. The predicted octanol–water partition coefficient (Wildman–Crippen LogP) is 7.00. The molecule has 18 nitrogen and oxygen atoms in total. The fourth-order valence-corrected chi connectivity index (χ4v) is 11.6. The largest absolute Gasteiger partial charge is 0.497 e. The van der Waals surface area contributed by atoms with Crippen LogP contribution in [0.15, 0.2) is 125 Å². The summed E-state index contributed by atoms with van der Waals surface area (Å²) in [5.74, 6) is 0.661. The Bertz CT molecular complexity index is 2830. The number of ether oxygens (including phenoxy) is 5. The molecule has 1 heterocycles. The summed E-state index contributed by atoms with van der Waals surface area (Å²) in [5, 5.41) is 18.2. The molecule has 0 bridgehead atoms. The van der Waals surface area contributed by atoms with Crippen LogP contribution in [0.1, 0.15) is 43.0 Å². The van der Waals surface area contributed by atoms with Crippen molar-refractivity contribution >= 4 is 54.6 Å². The van der Waals surface area contributed by atoms with Crippen LogP contribution in [0.3, 0.4) is 0 Å². The monoisotopic (exact) mass is 1080 g/mol. The summed E-state index contributed by atoms with van der Waals surface area (Å²) < 4.78 is 89.9. The van der Waals surface area contributed by atoms with Crippen LogP contribution in [0.25, 0.3) is 11.4 Å². The lowest BCUT2D eigenvalue weighted by atomic mass is 10.2. The van der Waals surface area contributed by atoms with Crippen molar-refractivity contribution in [2.45, 2.75) is 68.4 Å². The lowest BCUT2D eigenvalue weighted by Crippen LogP contribution is -2.49. The number of rotatable bonds is 20. The zero-order chi connectivity index (χ0) is 49.1. The van der Waals surface area contributed by atoms with Crippen LogP contribution in [0.4, 0.5) is 9.59 Å². The average molecular weight is 1080 g/mol. The van der Waals surface area contributed by atoms with Gasteiger partial charge in [0.25, 0.3) is 0 Å². The highest BCUT2D eigenvalue weighted by Crippen LogP contribution is 2.38. The van der Waals surface area contributed by atoms with Gasteiger partial charge in [-0.05, 0) is 119 Å². The van der Waals surface area contributed by atoms with E-state index in [0.29, 0.717) is 37.5 Å². The number of methoxy groups -OCH3 is 3. The molecule has 0 fully saturated rings. The van der Waals surface area contributed by atoms with Gasteiger partial charge in [-0.3, -0.25) is 0 Å². The molecule has 0 spiro atoms. The molecule has 0 unspecified atom stereocenters. The van der Waals surface area contributed by atoms with Crippen molar-refractivity contribution in [2.75, 3.05) is 33.6 Å². The summed E-state index contributed by atoms with van der Waals surface area (Å²) in [7, 11) is -5.07. The van der Waals surface area contributed by atoms with Crippen molar-refractivity contribution in [3.8, 4) is 28.6 Å². The predicted molar refractivity (Wildman–Crippen MR) is 260 cm³/mol. The summed E-state index contributed by atoms with van der Waals surface area (Å²) in [5.41, 5.74) is 1.52. The summed E-state index contributed by atoms with van der Waals surface area (Å²) in [6, 6.07) is 30.9. The molecule has 0 saturated heterocycles. The minimum atomic E-state index is -4.89. The molecule has 0 aliphatic carbocycles. The van der Waals surface area contributed by atoms with Gasteiger partial charge in [0.15, 0.2) is 9.84 Å². The standard InChI is InChI=1S/C47H52IN7O11S2/c1-47(2,3)66-46(57)50-36(26-49-45(56)65-30-35-10-8-7-9-11-35)31-67(58,59)41-25-24-40(48)42(44-51-53-55(52-44)29-34-16-22-39(64-6)23-17-34)43(41)68(60,61)54(27-32-12-18-37(62-4)19-13-32)28-33-14-20-38(63-5)21-15-33/h7-25,36H,26-31H2,1-6H3,(H,49,56)(H,50,57)/t36-/m1/s1. The molecule has 21 heteroatoms. The fourth-order valence-electron chi connectivity index (χ4n) is 6.74. The SMILES string of the molecule is COc1ccc(CN(Cc2ccc(OC)cc2)S(=O)(=O)c2c(S(=O)(=O)C[C@@H](CNC(=O)OCc3ccccc3)NC(=O)OC(C)(C)C)ccc(I)c2-c2nnn(Cc3ccc(OC)cc3)n2)cc1.